The molecule has 1 fully saturated rings. The molecular weight excluding hydrogens is 276 g/mol. The molecule has 1 heterocycles. The number of hydrogen-bond acceptors (Lipinski definition) is 6. The average Bonchev–Trinajstić information content (AvgIpc) is 2.95. The number of nitrogens with two attached hydrogens (primary N) is 1. The molecule has 1 aliphatic carbocycles. The SMILES string of the molecule is CN(CC1(O)CCCC1)C(=O)c1sc(N(C)C)nc1N. The Labute approximate surface area is 123 Å². The standard InChI is InChI=1S/C13H22N4O2S/c1-16(2)12-15-10(14)9(20-12)11(18)17(3)8-13(19)6-4-5-7-13/h19H,4-8,14H2,1-3H3. The van der Waals surface area contributed by atoms with Crippen LogP contribution in [0.15, 0.2) is 0 Å². The number of aromatic nitrogens is 1. The number of aliphatic hydroxyl groups is 1. The molecule has 0 saturated heterocycles. The molecule has 2 rings (SSSR count). The summed E-state index contributed by atoms with van der Waals surface area (Å²) in [6, 6.07) is 0. The number of rotatable bonds is 4. The van der Waals surface area contributed by atoms with E-state index in [4.69, 9.17) is 5.73 Å². The lowest BCUT2D eigenvalue weighted by Gasteiger charge is -2.28. The van der Waals surface area contributed by atoms with Crippen LogP contribution in [0.1, 0.15) is 35.4 Å². The first-order valence-electron chi connectivity index (χ1n) is 6.74. The first-order valence-corrected chi connectivity index (χ1v) is 7.55. The molecule has 0 aliphatic heterocycles. The number of thiazole rings is 1. The summed E-state index contributed by atoms with van der Waals surface area (Å²) in [4.78, 5) is 20.4. The number of amides is 1. The number of carbonyl (C=O) groups excluding carboxylic acids is 1. The van der Waals surface area contributed by atoms with Gasteiger partial charge in [-0.1, -0.05) is 24.2 Å². The largest absolute Gasteiger partial charge is 0.388 e. The van der Waals surface area contributed by atoms with Gasteiger partial charge in [-0.15, -0.1) is 0 Å². The second-order valence-electron chi connectivity index (χ2n) is 5.70. The van der Waals surface area contributed by atoms with E-state index in [2.05, 4.69) is 4.98 Å². The predicted octanol–water partition coefficient (Wildman–Crippen LogP) is 1.17. The van der Waals surface area contributed by atoms with Crippen molar-refractivity contribution in [3.63, 3.8) is 0 Å². The summed E-state index contributed by atoms with van der Waals surface area (Å²) in [5.41, 5.74) is 5.08. The van der Waals surface area contributed by atoms with Gasteiger partial charge in [-0.25, -0.2) is 4.98 Å². The number of hydrogen-bond donors (Lipinski definition) is 2. The number of nitrogen functional groups attached to an aromatic ring is 1. The third kappa shape index (κ3) is 3.04. The number of anilines is 2. The molecule has 1 amide bonds. The molecule has 0 spiro atoms. The molecule has 1 aromatic rings. The van der Waals surface area contributed by atoms with E-state index in [1.54, 1.807) is 11.9 Å². The van der Waals surface area contributed by atoms with Crippen LogP contribution in [0.25, 0.3) is 0 Å². The van der Waals surface area contributed by atoms with Crippen molar-refractivity contribution in [2.45, 2.75) is 31.3 Å². The van der Waals surface area contributed by atoms with Crippen molar-refractivity contribution in [3.05, 3.63) is 4.88 Å². The third-order valence-corrected chi connectivity index (χ3v) is 4.86. The van der Waals surface area contributed by atoms with Crippen LogP contribution < -0.4 is 10.6 Å². The Kier molecular flexibility index (Phi) is 4.19. The molecule has 0 bridgehead atoms. The highest BCUT2D eigenvalue weighted by Gasteiger charge is 2.34. The smallest absolute Gasteiger partial charge is 0.267 e. The molecule has 7 heteroatoms. The van der Waals surface area contributed by atoms with Gasteiger partial charge in [-0.2, -0.15) is 0 Å². The van der Waals surface area contributed by atoms with Crippen LogP contribution in [0.3, 0.4) is 0 Å². The van der Waals surface area contributed by atoms with Crippen LogP contribution in [-0.4, -0.2) is 54.2 Å². The molecule has 3 N–H and O–H groups in total. The van der Waals surface area contributed by atoms with E-state index in [0.29, 0.717) is 16.6 Å². The Hall–Kier alpha value is -1.34. The molecular formula is C13H22N4O2S. The van der Waals surface area contributed by atoms with E-state index >= 15 is 0 Å². The summed E-state index contributed by atoms with van der Waals surface area (Å²) >= 11 is 1.28. The van der Waals surface area contributed by atoms with Crippen LogP contribution in [0.4, 0.5) is 10.9 Å². The van der Waals surface area contributed by atoms with Crippen LogP contribution in [0.2, 0.25) is 0 Å². The Balaban J connectivity index is 2.10. The molecule has 20 heavy (non-hydrogen) atoms. The fraction of sp³-hybridized carbons (Fsp3) is 0.692. The van der Waals surface area contributed by atoms with E-state index in [9.17, 15) is 9.90 Å². The monoisotopic (exact) mass is 298 g/mol. The zero-order valence-corrected chi connectivity index (χ0v) is 13.0. The van der Waals surface area contributed by atoms with Gasteiger partial charge < -0.3 is 20.6 Å². The van der Waals surface area contributed by atoms with Crippen molar-refractivity contribution in [2.75, 3.05) is 38.3 Å². The summed E-state index contributed by atoms with van der Waals surface area (Å²) < 4.78 is 0. The van der Waals surface area contributed by atoms with Crippen molar-refractivity contribution in [1.29, 1.82) is 0 Å². The number of nitrogens with zero attached hydrogens (tertiary/aromatic N) is 3. The van der Waals surface area contributed by atoms with Gasteiger partial charge in [0.05, 0.1) is 5.60 Å². The first kappa shape index (κ1) is 15.1. The maximum atomic E-state index is 12.4. The Morgan fingerprint density at radius 2 is 2.00 bits per heavy atom. The van der Waals surface area contributed by atoms with E-state index in [1.807, 2.05) is 19.0 Å². The molecule has 1 aromatic heterocycles. The maximum absolute atomic E-state index is 12.4. The van der Waals surface area contributed by atoms with E-state index in [-0.39, 0.29) is 11.7 Å². The topological polar surface area (TPSA) is 82.7 Å². The predicted molar refractivity (Wildman–Crippen MR) is 81.2 cm³/mol. The number of carbonyl (C=O) groups is 1. The lowest BCUT2D eigenvalue weighted by molar-refractivity contribution is 0.0158. The Morgan fingerprint density at radius 1 is 1.40 bits per heavy atom. The summed E-state index contributed by atoms with van der Waals surface area (Å²) in [5.74, 6) is 0.0855. The highest BCUT2D eigenvalue weighted by Crippen LogP contribution is 2.32. The van der Waals surface area contributed by atoms with Crippen molar-refractivity contribution >= 4 is 28.2 Å². The minimum Gasteiger partial charge on any atom is -0.388 e. The molecule has 0 radical (unpaired) electrons. The van der Waals surface area contributed by atoms with E-state index in [1.165, 1.54) is 11.3 Å². The average molecular weight is 298 g/mol. The maximum Gasteiger partial charge on any atom is 0.267 e. The van der Waals surface area contributed by atoms with Crippen LogP contribution in [0, 0.1) is 0 Å². The fourth-order valence-corrected chi connectivity index (χ4v) is 3.45. The van der Waals surface area contributed by atoms with Gasteiger partial charge in [0.2, 0.25) is 0 Å². The van der Waals surface area contributed by atoms with Gasteiger partial charge in [-0.05, 0) is 12.8 Å². The molecule has 0 unspecified atom stereocenters. The van der Waals surface area contributed by atoms with Crippen LogP contribution in [-0.2, 0) is 0 Å². The number of likely N-dealkylation sites (N-methyl/N-ethyl adjacent to an activating group) is 1. The van der Waals surface area contributed by atoms with Gasteiger partial charge >= 0.3 is 0 Å². The van der Waals surface area contributed by atoms with Crippen molar-refractivity contribution in [2.24, 2.45) is 0 Å². The molecule has 1 saturated carbocycles. The summed E-state index contributed by atoms with van der Waals surface area (Å²) in [7, 11) is 5.42. The highest BCUT2D eigenvalue weighted by atomic mass is 32.1. The quantitative estimate of drug-likeness (QED) is 0.872. The zero-order chi connectivity index (χ0) is 14.9. The minimum atomic E-state index is -0.742. The normalized spacial score (nSPS) is 17.2. The lowest BCUT2D eigenvalue weighted by atomic mass is 10.0. The molecule has 6 nitrogen and oxygen atoms in total. The highest BCUT2D eigenvalue weighted by molar-refractivity contribution is 7.18. The summed E-state index contributed by atoms with van der Waals surface area (Å²) in [6.45, 7) is 0.348. The summed E-state index contributed by atoms with van der Waals surface area (Å²) in [6.07, 6.45) is 3.55. The van der Waals surface area contributed by atoms with Crippen LogP contribution in [0.5, 0.6) is 0 Å². The molecule has 0 atom stereocenters. The van der Waals surface area contributed by atoms with Crippen LogP contribution >= 0.6 is 11.3 Å². The van der Waals surface area contributed by atoms with Gasteiger partial charge in [-0.3, -0.25) is 4.79 Å². The second-order valence-corrected chi connectivity index (χ2v) is 6.68. The molecule has 0 aromatic carbocycles. The fourth-order valence-electron chi connectivity index (χ4n) is 2.54. The van der Waals surface area contributed by atoms with Crippen molar-refractivity contribution < 1.29 is 9.90 Å². The van der Waals surface area contributed by atoms with Gasteiger partial charge in [0.15, 0.2) is 5.13 Å². The molecule has 1 aliphatic rings. The van der Waals surface area contributed by atoms with Gasteiger partial charge in [0.1, 0.15) is 10.7 Å². The Morgan fingerprint density at radius 3 is 2.50 bits per heavy atom. The Bertz CT molecular complexity index is 495. The van der Waals surface area contributed by atoms with Gasteiger partial charge in [0, 0.05) is 27.7 Å². The second kappa shape index (κ2) is 5.57. The van der Waals surface area contributed by atoms with E-state index in [0.717, 1.165) is 25.7 Å². The van der Waals surface area contributed by atoms with Crippen molar-refractivity contribution in [3.8, 4) is 0 Å². The molecule has 112 valence electrons. The van der Waals surface area contributed by atoms with E-state index < -0.39 is 5.60 Å². The third-order valence-electron chi connectivity index (χ3n) is 3.63. The van der Waals surface area contributed by atoms with Gasteiger partial charge in [0.25, 0.3) is 5.91 Å². The zero-order valence-electron chi connectivity index (χ0n) is 12.2. The summed E-state index contributed by atoms with van der Waals surface area (Å²) in [5, 5.41) is 11.1. The minimum absolute atomic E-state index is 0.173. The lowest BCUT2D eigenvalue weighted by Crippen LogP contribution is -2.42. The first-order chi connectivity index (χ1) is 9.32. The van der Waals surface area contributed by atoms with Crippen molar-refractivity contribution in [1.82, 2.24) is 9.88 Å².